The van der Waals surface area contributed by atoms with Crippen molar-refractivity contribution in [1.29, 1.82) is 0 Å². The fourth-order valence-corrected chi connectivity index (χ4v) is 5.93. The number of nitrogens with zero attached hydrogens (tertiary/aromatic N) is 2. The SMILES string of the molecule is CCCNC(=O)[C@H](Cc1ccccc1)N(Cc1cccc(C)c1)C(=O)CCCN(c1ccc2c(c1)OCO2)S(C)(=O)=O. The molecule has 224 valence electrons. The number of carbonyl (C=O) groups is 2. The van der Waals surface area contributed by atoms with E-state index < -0.39 is 16.1 Å². The molecule has 0 aromatic heterocycles. The van der Waals surface area contributed by atoms with Crippen LogP contribution in [0.2, 0.25) is 0 Å². The minimum Gasteiger partial charge on any atom is -0.454 e. The third-order valence-electron chi connectivity index (χ3n) is 7.05. The first kappa shape index (κ1) is 30.9. The highest BCUT2D eigenvalue weighted by Crippen LogP contribution is 2.36. The lowest BCUT2D eigenvalue weighted by atomic mass is 10.0. The van der Waals surface area contributed by atoms with Crippen LogP contribution in [-0.4, -0.2) is 57.3 Å². The predicted molar refractivity (Wildman–Crippen MR) is 163 cm³/mol. The number of ether oxygens (including phenoxy) is 2. The molecule has 0 radical (unpaired) electrons. The molecule has 0 bridgehead atoms. The van der Waals surface area contributed by atoms with Crippen LogP contribution in [0, 0.1) is 6.92 Å². The quantitative estimate of drug-likeness (QED) is 0.297. The van der Waals surface area contributed by atoms with E-state index in [9.17, 15) is 18.0 Å². The smallest absolute Gasteiger partial charge is 0.243 e. The second kappa shape index (κ2) is 14.2. The second-order valence-electron chi connectivity index (χ2n) is 10.5. The Kier molecular flexibility index (Phi) is 10.5. The van der Waals surface area contributed by atoms with Gasteiger partial charge in [-0.25, -0.2) is 8.42 Å². The van der Waals surface area contributed by atoms with E-state index in [2.05, 4.69) is 5.32 Å². The number of sulfonamides is 1. The summed E-state index contributed by atoms with van der Waals surface area (Å²) in [5, 5.41) is 2.98. The fourth-order valence-electron chi connectivity index (χ4n) is 4.97. The van der Waals surface area contributed by atoms with Gasteiger partial charge in [-0.1, -0.05) is 67.1 Å². The highest BCUT2D eigenvalue weighted by molar-refractivity contribution is 7.92. The summed E-state index contributed by atoms with van der Waals surface area (Å²) in [6.45, 7) is 4.91. The van der Waals surface area contributed by atoms with Crippen LogP contribution in [0.3, 0.4) is 0 Å². The molecule has 3 aromatic rings. The Labute approximate surface area is 248 Å². The largest absolute Gasteiger partial charge is 0.454 e. The number of hydrogen-bond donors (Lipinski definition) is 1. The van der Waals surface area contributed by atoms with Gasteiger partial charge in [0.05, 0.1) is 11.9 Å². The van der Waals surface area contributed by atoms with Crippen LogP contribution in [0.5, 0.6) is 11.5 Å². The van der Waals surface area contributed by atoms with Crippen LogP contribution in [0.4, 0.5) is 5.69 Å². The molecule has 0 saturated heterocycles. The Bertz CT molecular complexity index is 1480. The first-order valence-corrected chi connectivity index (χ1v) is 16.0. The lowest BCUT2D eigenvalue weighted by Crippen LogP contribution is -2.50. The highest BCUT2D eigenvalue weighted by Gasteiger charge is 2.30. The zero-order valence-electron chi connectivity index (χ0n) is 24.4. The van der Waals surface area contributed by atoms with E-state index in [1.54, 1.807) is 23.1 Å². The summed E-state index contributed by atoms with van der Waals surface area (Å²) in [6.07, 6.45) is 2.60. The Morgan fingerprint density at radius 3 is 2.40 bits per heavy atom. The van der Waals surface area contributed by atoms with Crippen molar-refractivity contribution < 1.29 is 27.5 Å². The van der Waals surface area contributed by atoms with E-state index in [0.29, 0.717) is 30.2 Å². The lowest BCUT2D eigenvalue weighted by molar-refractivity contribution is -0.141. The molecule has 10 heteroatoms. The van der Waals surface area contributed by atoms with Crippen molar-refractivity contribution in [3.8, 4) is 11.5 Å². The molecule has 0 fully saturated rings. The van der Waals surface area contributed by atoms with Crippen LogP contribution in [0.25, 0.3) is 0 Å². The first-order chi connectivity index (χ1) is 20.2. The summed E-state index contributed by atoms with van der Waals surface area (Å²) in [6, 6.07) is 21.8. The minimum absolute atomic E-state index is 0.0642. The maximum atomic E-state index is 13.9. The van der Waals surface area contributed by atoms with Crippen molar-refractivity contribution in [2.24, 2.45) is 0 Å². The first-order valence-electron chi connectivity index (χ1n) is 14.2. The molecule has 1 N–H and O–H groups in total. The van der Waals surface area contributed by atoms with Crippen LogP contribution in [0.15, 0.2) is 72.8 Å². The average Bonchev–Trinajstić information content (AvgIpc) is 3.44. The predicted octanol–water partition coefficient (Wildman–Crippen LogP) is 4.44. The van der Waals surface area contributed by atoms with Crippen LogP contribution in [0.1, 0.15) is 42.9 Å². The molecule has 0 spiro atoms. The summed E-state index contributed by atoms with van der Waals surface area (Å²) >= 11 is 0. The normalized spacial score (nSPS) is 12.9. The van der Waals surface area contributed by atoms with Crippen molar-refractivity contribution >= 4 is 27.5 Å². The second-order valence-corrected chi connectivity index (χ2v) is 12.4. The van der Waals surface area contributed by atoms with Gasteiger partial charge in [-0.05, 0) is 43.0 Å². The monoisotopic (exact) mass is 593 g/mol. The van der Waals surface area contributed by atoms with Crippen molar-refractivity contribution in [3.05, 3.63) is 89.5 Å². The molecule has 1 heterocycles. The van der Waals surface area contributed by atoms with Gasteiger partial charge in [-0.3, -0.25) is 13.9 Å². The number of carbonyl (C=O) groups excluding carboxylic acids is 2. The number of benzene rings is 3. The summed E-state index contributed by atoms with van der Waals surface area (Å²) in [4.78, 5) is 29.0. The van der Waals surface area contributed by atoms with Gasteiger partial charge in [-0.2, -0.15) is 0 Å². The van der Waals surface area contributed by atoms with E-state index in [1.165, 1.54) is 4.31 Å². The van der Waals surface area contributed by atoms with Crippen molar-refractivity contribution in [1.82, 2.24) is 10.2 Å². The van der Waals surface area contributed by atoms with E-state index >= 15 is 0 Å². The molecule has 42 heavy (non-hydrogen) atoms. The summed E-state index contributed by atoms with van der Waals surface area (Å²) in [5.74, 6) is 0.603. The van der Waals surface area contributed by atoms with E-state index in [-0.39, 0.29) is 44.5 Å². The maximum absolute atomic E-state index is 13.9. The molecule has 4 rings (SSSR count). The van der Waals surface area contributed by atoms with Gasteiger partial charge < -0.3 is 19.7 Å². The van der Waals surface area contributed by atoms with Gasteiger partial charge in [0.25, 0.3) is 0 Å². The Hall–Kier alpha value is -4.05. The Morgan fingerprint density at radius 1 is 0.952 bits per heavy atom. The molecule has 1 aliphatic rings. The Morgan fingerprint density at radius 2 is 1.69 bits per heavy atom. The van der Waals surface area contributed by atoms with Crippen LogP contribution >= 0.6 is 0 Å². The lowest BCUT2D eigenvalue weighted by Gasteiger charge is -2.32. The molecule has 3 aromatic carbocycles. The van der Waals surface area contributed by atoms with Gasteiger partial charge in [0, 0.05) is 38.5 Å². The number of aryl methyl sites for hydroxylation is 1. The van der Waals surface area contributed by atoms with Crippen molar-refractivity contribution in [3.63, 3.8) is 0 Å². The molecule has 0 saturated carbocycles. The number of nitrogens with one attached hydrogen (secondary N) is 1. The zero-order valence-corrected chi connectivity index (χ0v) is 25.2. The van der Waals surface area contributed by atoms with Crippen molar-refractivity contribution in [2.75, 3.05) is 30.4 Å². The summed E-state index contributed by atoms with van der Waals surface area (Å²) in [7, 11) is -3.64. The molecule has 2 amide bonds. The van der Waals surface area contributed by atoms with Gasteiger partial charge in [0.1, 0.15) is 6.04 Å². The van der Waals surface area contributed by atoms with Gasteiger partial charge >= 0.3 is 0 Å². The average molecular weight is 594 g/mol. The molecule has 9 nitrogen and oxygen atoms in total. The van der Waals surface area contributed by atoms with Gasteiger partial charge in [0.2, 0.25) is 28.6 Å². The molecule has 0 aliphatic carbocycles. The summed E-state index contributed by atoms with van der Waals surface area (Å²) in [5.41, 5.74) is 3.36. The van der Waals surface area contributed by atoms with E-state index in [0.717, 1.165) is 29.4 Å². The summed E-state index contributed by atoms with van der Waals surface area (Å²) < 4.78 is 37.5. The third kappa shape index (κ3) is 8.25. The van der Waals surface area contributed by atoms with E-state index in [4.69, 9.17) is 9.47 Å². The van der Waals surface area contributed by atoms with Crippen LogP contribution in [-0.2, 0) is 32.6 Å². The molecule has 0 unspecified atom stereocenters. The number of amides is 2. The molecule has 1 aliphatic heterocycles. The minimum atomic E-state index is -3.64. The van der Waals surface area contributed by atoms with Crippen LogP contribution < -0.4 is 19.1 Å². The topological polar surface area (TPSA) is 105 Å². The molecule has 1 atom stereocenters. The number of anilines is 1. The third-order valence-corrected chi connectivity index (χ3v) is 8.25. The van der Waals surface area contributed by atoms with Gasteiger partial charge in [-0.15, -0.1) is 0 Å². The van der Waals surface area contributed by atoms with E-state index in [1.807, 2.05) is 68.4 Å². The van der Waals surface area contributed by atoms with Gasteiger partial charge in [0.15, 0.2) is 11.5 Å². The number of fused-ring (bicyclic) bond motifs is 1. The number of rotatable bonds is 14. The fraction of sp³-hybridized carbons (Fsp3) is 0.375. The molecular weight excluding hydrogens is 554 g/mol. The maximum Gasteiger partial charge on any atom is 0.243 e. The molecular formula is C32H39N3O6S. The van der Waals surface area contributed by atoms with Crippen molar-refractivity contribution in [2.45, 2.75) is 52.1 Å². The standard InChI is InChI=1S/C32H39N3O6S/c1-4-17-33-32(37)28(20-25-11-6-5-7-12-25)34(22-26-13-8-10-24(2)19-26)31(36)14-9-18-35(42(3,38)39)27-15-16-29-30(21-27)41-23-40-29/h5-8,10-13,15-16,19,21,28H,4,9,14,17-18,20,22-23H2,1-3H3,(H,33,37)/t28-/m0/s1. The highest BCUT2D eigenvalue weighted by atomic mass is 32.2. The zero-order chi connectivity index (χ0) is 30.1. The number of hydrogen-bond acceptors (Lipinski definition) is 6. The Balaban J connectivity index is 1.56.